The number of carbonyl (C=O) groups excluding carboxylic acids is 1. The van der Waals surface area contributed by atoms with Crippen LogP contribution < -0.4 is 0 Å². The minimum Gasteiger partial charge on any atom is -0.466 e. The highest BCUT2D eigenvalue weighted by Crippen LogP contribution is 2.15. The van der Waals surface area contributed by atoms with E-state index < -0.39 is 0 Å². The average Bonchev–Trinajstić information content (AvgIpc) is 1.88. The highest BCUT2D eigenvalue weighted by molar-refractivity contribution is 8.03. The first kappa shape index (κ1) is 10.3. The summed E-state index contributed by atoms with van der Waals surface area (Å²) in [4.78, 5) is 10.7. The van der Waals surface area contributed by atoms with Gasteiger partial charge in [0, 0.05) is 0 Å². The summed E-state index contributed by atoms with van der Waals surface area (Å²) >= 11 is 8.79. The summed E-state index contributed by atoms with van der Waals surface area (Å²) in [7, 11) is 0.275. The first-order valence-electron chi connectivity index (χ1n) is 2.92. The van der Waals surface area contributed by atoms with E-state index >= 15 is 0 Å². The van der Waals surface area contributed by atoms with Gasteiger partial charge in [-0.3, -0.25) is 4.79 Å². The van der Waals surface area contributed by atoms with E-state index in [9.17, 15) is 4.79 Å². The molecule has 0 spiro atoms. The van der Waals surface area contributed by atoms with Crippen LogP contribution in [0.2, 0.25) is 0 Å². The number of carbonyl (C=O) groups is 1. The predicted molar refractivity (Wildman–Crippen MR) is 49.7 cm³/mol. The van der Waals surface area contributed by atoms with Crippen molar-refractivity contribution in [3.8, 4) is 0 Å². The van der Waals surface area contributed by atoms with Crippen LogP contribution in [0.25, 0.3) is 0 Å². The van der Waals surface area contributed by atoms with E-state index in [1.807, 2.05) is 0 Å². The second-order valence-electron chi connectivity index (χ2n) is 1.64. The highest BCUT2D eigenvalue weighted by Gasteiger charge is 2.13. The Labute approximate surface area is 72.6 Å². The molecule has 0 saturated heterocycles. The van der Waals surface area contributed by atoms with Crippen LogP contribution >= 0.6 is 20.0 Å². The molecular formula is C5H10O2PS2+. The van der Waals surface area contributed by atoms with Crippen LogP contribution in [-0.2, 0) is 21.3 Å². The quantitative estimate of drug-likeness (QED) is 0.418. The van der Waals surface area contributed by atoms with E-state index in [1.54, 1.807) is 6.92 Å². The molecule has 5 heteroatoms. The average molecular weight is 197 g/mol. The third-order valence-corrected chi connectivity index (χ3v) is 3.23. The number of hydrogen-bond donors (Lipinski definition) is 1. The van der Waals surface area contributed by atoms with E-state index in [0.717, 1.165) is 0 Å². The molecule has 0 N–H and O–H groups in total. The zero-order valence-corrected chi connectivity index (χ0v) is 8.37. The van der Waals surface area contributed by atoms with Gasteiger partial charge in [-0.15, -0.1) is 12.6 Å². The summed E-state index contributed by atoms with van der Waals surface area (Å²) in [6, 6.07) is 0. The molecule has 0 bridgehead atoms. The fourth-order valence-electron chi connectivity index (χ4n) is 0.419. The van der Waals surface area contributed by atoms with Crippen molar-refractivity contribution < 1.29 is 9.53 Å². The fraction of sp³-hybridized carbons (Fsp3) is 0.800. The monoisotopic (exact) mass is 197 g/mol. The van der Waals surface area contributed by atoms with Crippen molar-refractivity contribution in [3.05, 3.63) is 0 Å². The van der Waals surface area contributed by atoms with Crippen molar-refractivity contribution >= 4 is 37.8 Å². The minimum absolute atomic E-state index is 0.00551. The first-order valence-corrected chi connectivity index (χ1v) is 5.64. The van der Waals surface area contributed by atoms with E-state index in [-0.39, 0.29) is 18.3 Å². The van der Waals surface area contributed by atoms with Gasteiger partial charge in [-0.25, -0.2) is 0 Å². The number of rotatable bonds is 4. The molecule has 0 rings (SSSR count). The van der Waals surface area contributed by atoms with Crippen LogP contribution in [0, 0.1) is 0 Å². The van der Waals surface area contributed by atoms with Gasteiger partial charge in [0.15, 0.2) is 24.2 Å². The summed E-state index contributed by atoms with van der Waals surface area (Å²) in [6.07, 6.45) is 0.332. The Morgan fingerprint density at radius 2 is 2.50 bits per heavy atom. The third-order valence-electron chi connectivity index (χ3n) is 0.801. The van der Waals surface area contributed by atoms with Gasteiger partial charge in [0.25, 0.3) is 0 Å². The SMILES string of the molecule is CCOC(=O)CC(S)[PH+]=S. The zero-order valence-electron chi connectivity index (χ0n) is 5.66. The third kappa shape index (κ3) is 5.15. The second-order valence-corrected chi connectivity index (χ2v) is 4.39. The fourth-order valence-corrected chi connectivity index (χ4v) is 1.07. The smallest absolute Gasteiger partial charge is 0.311 e. The number of hydrogen-bond acceptors (Lipinski definition) is 4. The van der Waals surface area contributed by atoms with E-state index in [2.05, 4.69) is 17.4 Å². The van der Waals surface area contributed by atoms with Gasteiger partial charge in [0.1, 0.15) is 0 Å². The lowest BCUT2D eigenvalue weighted by molar-refractivity contribution is -0.142. The van der Waals surface area contributed by atoms with E-state index in [4.69, 9.17) is 11.8 Å². The van der Waals surface area contributed by atoms with Gasteiger partial charge in [0.05, 0.1) is 13.0 Å². The lowest BCUT2D eigenvalue weighted by Gasteiger charge is -1.98. The molecule has 0 aliphatic rings. The molecule has 0 fully saturated rings. The minimum atomic E-state index is -0.208. The molecule has 0 radical (unpaired) electrons. The molecule has 0 aliphatic heterocycles. The summed E-state index contributed by atoms with van der Waals surface area (Å²) in [5.74, 6) is -0.208. The zero-order chi connectivity index (χ0) is 7.98. The second kappa shape index (κ2) is 6.08. The summed E-state index contributed by atoms with van der Waals surface area (Å²) in [5.41, 5.74) is 0. The van der Waals surface area contributed by atoms with Crippen LogP contribution in [-0.4, -0.2) is 17.6 Å². The van der Waals surface area contributed by atoms with Crippen LogP contribution in [0.4, 0.5) is 0 Å². The molecule has 0 aromatic heterocycles. The molecule has 0 saturated carbocycles. The topological polar surface area (TPSA) is 26.3 Å². The summed E-state index contributed by atoms with van der Waals surface area (Å²) < 4.78 is 4.68. The highest BCUT2D eigenvalue weighted by atomic mass is 32.4. The van der Waals surface area contributed by atoms with Gasteiger partial charge < -0.3 is 4.74 Å². The standard InChI is InChI=1S/C5H9O2PS2/c1-2-7-4(6)3-5(9)8-10/h5,9H,2-3H2,1H3/p+1. The normalized spacial score (nSPS) is 13.0. The summed E-state index contributed by atoms with van der Waals surface area (Å²) in [6.45, 7) is 2.21. The molecule has 2 nitrogen and oxygen atoms in total. The maximum atomic E-state index is 10.7. The molecular weight excluding hydrogens is 187 g/mol. The van der Waals surface area contributed by atoms with E-state index in [1.165, 1.54) is 0 Å². The van der Waals surface area contributed by atoms with Gasteiger partial charge in [-0.05, 0) is 6.92 Å². The molecule has 2 atom stereocenters. The van der Waals surface area contributed by atoms with Crippen LogP contribution in [0.3, 0.4) is 0 Å². The van der Waals surface area contributed by atoms with E-state index in [0.29, 0.717) is 13.0 Å². The first-order chi connectivity index (χ1) is 4.70. The molecule has 0 aromatic carbocycles. The maximum Gasteiger partial charge on any atom is 0.311 e. The maximum absolute atomic E-state index is 10.7. The number of esters is 1. The Balaban J connectivity index is 3.46. The predicted octanol–water partition coefficient (Wildman–Crippen LogP) is 1.34. The van der Waals surface area contributed by atoms with Gasteiger partial charge in [-0.2, -0.15) is 0 Å². The Hall–Kier alpha value is 0.340. The lowest BCUT2D eigenvalue weighted by Crippen LogP contribution is -2.07. The Morgan fingerprint density at radius 3 is 2.90 bits per heavy atom. The van der Waals surface area contributed by atoms with Crippen molar-refractivity contribution in [2.45, 2.75) is 18.3 Å². The van der Waals surface area contributed by atoms with Crippen LogP contribution in [0.5, 0.6) is 0 Å². The van der Waals surface area contributed by atoms with Crippen molar-refractivity contribution in [3.63, 3.8) is 0 Å². The summed E-state index contributed by atoms with van der Waals surface area (Å²) in [5, 5.41) is 0. The molecule has 2 unspecified atom stereocenters. The van der Waals surface area contributed by atoms with Crippen LogP contribution in [0.1, 0.15) is 13.3 Å². The Bertz CT molecular complexity index is 129. The lowest BCUT2D eigenvalue weighted by atomic mass is 10.5. The largest absolute Gasteiger partial charge is 0.466 e. The Morgan fingerprint density at radius 1 is 1.90 bits per heavy atom. The molecule has 0 heterocycles. The van der Waals surface area contributed by atoms with Gasteiger partial charge in [-0.1, -0.05) is 0 Å². The van der Waals surface area contributed by atoms with Gasteiger partial charge >= 0.3 is 5.97 Å². The van der Waals surface area contributed by atoms with Crippen molar-refractivity contribution in [1.29, 1.82) is 0 Å². The number of thiol groups is 1. The molecule has 10 heavy (non-hydrogen) atoms. The van der Waals surface area contributed by atoms with Crippen LogP contribution in [0.15, 0.2) is 0 Å². The molecule has 0 aliphatic carbocycles. The molecule has 0 aromatic rings. The Kier molecular flexibility index (Phi) is 6.28. The van der Waals surface area contributed by atoms with Crippen molar-refractivity contribution in [2.75, 3.05) is 6.61 Å². The van der Waals surface area contributed by atoms with Crippen molar-refractivity contribution in [1.82, 2.24) is 0 Å². The number of ether oxygens (including phenoxy) is 1. The molecule has 0 amide bonds. The molecule has 58 valence electrons. The van der Waals surface area contributed by atoms with Gasteiger partial charge in [0.2, 0.25) is 0 Å². The van der Waals surface area contributed by atoms with Crippen molar-refractivity contribution in [2.24, 2.45) is 0 Å².